The van der Waals surface area contributed by atoms with Crippen molar-refractivity contribution in [3.63, 3.8) is 0 Å². The Bertz CT molecular complexity index is 390. The Morgan fingerprint density at radius 1 is 1.57 bits per heavy atom. The van der Waals surface area contributed by atoms with Crippen molar-refractivity contribution in [2.75, 3.05) is 0 Å². The molecular weight excluding hydrogens is 190 g/mol. The molecule has 8 nitrogen and oxygen atoms in total. The van der Waals surface area contributed by atoms with Crippen LogP contribution in [0.15, 0.2) is 26.8 Å². The van der Waals surface area contributed by atoms with Crippen molar-refractivity contribution in [2.45, 2.75) is 0 Å². The van der Waals surface area contributed by atoms with Gasteiger partial charge < -0.3 is 15.9 Å². The van der Waals surface area contributed by atoms with Crippen LogP contribution in [0.2, 0.25) is 0 Å². The van der Waals surface area contributed by atoms with E-state index in [1.807, 2.05) is 0 Å². The smallest absolute Gasteiger partial charge is 0.400 e. The standard InChI is InChI=1S/C6H7N5O3/c7-6(8)10-9-3-4-1-2-5(14-4)11(12)13/h1-3H,(H4,7,8,10)/b9-3-. The van der Waals surface area contributed by atoms with Crippen LogP contribution in [0.25, 0.3) is 0 Å². The van der Waals surface area contributed by atoms with E-state index in [9.17, 15) is 10.1 Å². The molecule has 0 bridgehead atoms. The molecule has 0 unspecified atom stereocenters. The molecule has 0 spiro atoms. The molecule has 0 aliphatic carbocycles. The van der Waals surface area contributed by atoms with Crippen LogP contribution in [0.3, 0.4) is 0 Å². The first-order valence-corrected chi connectivity index (χ1v) is 3.46. The van der Waals surface area contributed by atoms with Crippen LogP contribution in [0.5, 0.6) is 0 Å². The van der Waals surface area contributed by atoms with Crippen molar-refractivity contribution in [3.8, 4) is 0 Å². The summed E-state index contributed by atoms with van der Waals surface area (Å²) in [5.74, 6) is -0.375. The highest BCUT2D eigenvalue weighted by Crippen LogP contribution is 2.13. The first-order chi connectivity index (χ1) is 6.59. The van der Waals surface area contributed by atoms with Crippen LogP contribution < -0.4 is 11.5 Å². The molecule has 0 atom stereocenters. The molecule has 14 heavy (non-hydrogen) atoms. The van der Waals surface area contributed by atoms with Gasteiger partial charge in [-0.1, -0.05) is 0 Å². The summed E-state index contributed by atoms with van der Waals surface area (Å²) >= 11 is 0. The van der Waals surface area contributed by atoms with E-state index in [2.05, 4.69) is 10.2 Å². The lowest BCUT2D eigenvalue weighted by Gasteiger charge is -1.83. The Kier molecular flexibility index (Phi) is 2.79. The van der Waals surface area contributed by atoms with Gasteiger partial charge in [0.15, 0.2) is 5.76 Å². The SMILES string of the molecule is NC(N)=N/N=C\c1ccc([N+](=O)[O-])o1. The molecular formula is C6H7N5O3. The van der Waals surface area contributed by atoms with Crippen LogP contribution in [-0.2, 0) is 0 Å². The van der Waals surface area contributed by atoms with E-state index in [0.29, 0.717) is 0 Å². The summed E-state index contributed by atoms with van der Waals surface area (Å²) in [7, 11) is 0. The second-order valence-corrected chi connectivity index (χ2v) is 2.20. The summed E-state index contributed by atoms with van der Waals surface area (Å²) in [4.78, 5) is 9.54. The van der Waals surface area contributed by atoms with Crippen molar-refractivity contribution < 1.29 is 9.34 Å². The van der Waals surface area contributed by atoms with Crippen LogP contribution in [-0.4, -0.2) is 17.1 Å². The maximum absolute atomic E-state index is 10.2. The molecule has 0 aromatic carbocycles. The van der Waals surface area contributed by atoms with Gasteiger partial charge in [0.2, 0.25) is 5.96 Å². The molecule has 0 aliphatic heterocycles. The van der Waals surface area contributed by atoms with E-state index in [-0.39, 0.29) is 17.6 Å². The quantitative estimate of drug-likeness (QED) is 0.299. The highest BCUT2D eigenvalue weighted by molar-refractivity contribution is 5.79. The number of guanidine groups is 1. The average Bonchev–Trinajstić information content (AvgIpc) is 2.52. The summed E-state index contributed by atoms with van der Waals surface area (Å²) in [5, 5.41) is 16.9. The number of nitro groups is 1. The second-order valence-electron chi connectivity index (χ2n) is 2.20. The fraction of sp³-hybridized carbons (Fsp3) is 0. The summed E-state index contributed by atoms with van der Waals surface area (Å²) in [5.41, 5.74) is 9.97. The molecule has 0 aliphatic rings. The van der Waals surface area contributed by atoms with Crippen LogP contribution in [0.1, 0.15) is 5.76 Å². The number of rotatable bonds is 3. The van der Waals surface area contributed by atoms with Gasteiger partial charge in [0.1, 0.15) is 4.92 Å². The molecule has 1 aromatic heterocycles. The first kappa shape index (κ1) is 9.71. The van der Waals surface area contributed by atoms with Gasteiger partial charge in [-0.25, -0.2) is 0 Å². The number of hydrogen-bond donors (Lipinski definition) is 2. The van der Waals surface area contributed by atoms with E-state index >= 15 is 0 Å². The van der Waals surface area contributed by atoms with Crippen molar-refractivity contribution in [2.24, 2.45) is 21.7 Å². The summed E-state index contributed by atoms with van der Waals surface area (Å²) < 4.78 is 4.73. The fourth-order valence-corrected chi connectivity index (χ4v) is 0.662. The largest absolute Gasteiger partial charge is 0.433 e. The first-order valence-electron chi connectivity index (χ1n) is 3.46. The minimum Gasteiger partial charge on any atom is -0.400 e. The van der Waals surface area contributed by atoms with Crippen molar-refractivity contribution in [1.29, 1.82) is 0 Å². The molecule has 1 heterocycles. The predicted molar refractivity (Wildman–Crippen MR) is 48.8 cm³/mol. The number of nitrogens with two attached hydrogens (primary N) is 2. The Morgan fingerprint density at radius 2 is 2.29 bits per heavy atom. The Morgan fingerprint density at radius 3 is 2.79 bits per heavy atom. The average molecular weight is 197 g/mol. The normalized spacial score (nSPS) is 10.3. The van der Waals surface area contributed by atoms with Gasteiger partial charge in [0.25, 0.3) is 0 Å². The van der Waals surface area contributed by atoms with Crippen LogP contribution >= 0.6 is 0 Å². The zero-order valence-corrected chi connectivity index (χ0v) is 6.95. The molecule has 0 fully saturated rings. The summed E-state index contributed by atoms with van der Waals surface area (Å²) in [6.45, 7) is 0. The monoisotopic (exact) mass is 197 g/mol. The molecule has 1 aromatic rings. The number of furan rings is 1. The molecule has 0 saturated heterocycles. The van der Waals surface area contributed by atoms with E-state index in [1.54, 1.807) is 0 Å². The topological polar surface area (TPSA) is 133 Å². The third kappa shape index (κ3) is 2.59. The maximum Gasteiger partial charge on any atom is 0.433 e. The van der Waals surface area contributed by atoms with Crippen LogP contribution in [0.4, 0.5) is 5.88 Å². The zero-order valence-electron chi connectivity index (χ0n) is 6.95. The van der Waals surface area contributed by atoms with Gasteiger partial charge in [-0.2, -0.15) is 5.10 Å². The van der Waals surface area contributed by atoms with E-state index in [4.69, 9.17) is 15.9 Å². The summed E-state index contributed by atoms with van der Waals surface area (Å²) in [6.07, 6.45) is 1.16. The van der Waals surface area contributed by atoms with Crippen LogP contribution in [0, 0.1) is 10.1 Å². The third-order valence-electron chi connectivity index (χ3n) is 1.15. The summed E-state index contributed by atoms with van der Waals surface area (Å²) in [6, 6.07) is 2.58. The highest BCUT2D eigenvalue weighted by Gasteiger charge is 2.09. The van der Waals surface area contributed by atoms with Crippen molar-refractivity contribution in [1.82, 2.24) is 0 Å². The minimum atomic E-state index is -0.655. The van der Waals surface area contributed by atoms with Crippen molar-refractivity contribution >= 4 is 18.1 Å². The maximum atomic E-state index is 10.2. The Balaban J connectivity index is 2.74. The molecule has 0 amide bonds. The van der Waals surface area contributed by atoms with Gasteiger partial charge in [0, 0.05) is 0 Å². The second kappa shape index (κ2) is 4.03. The Labute approximate surface area is 78.0 Å². The minimum absolute atomic E-state index is 0.196. The molecule has 0 radical (unpaired) electrons. The van der Waals surface area contributed by atoms with E-state index < -0.39 is 4.92 Å². The molecule has 0 saturated carbocycles. The van der Waals surface area contributed by atoms with Gasteiger partial charge in [-0.3, -0.25) is 10.1 Å². The lowest BCUT2D eigenvalue weighted by Crippen LogP contribution is -2.21. The Hall–Kier alpha value is -2.38. The van der Waals surface area contributed by atoms with Gasteiger partial charge in [-0.05, 0) is 6.07 Å². The molecule has 1 rings (SSSR count). The molecule has 8 heteroatoms. The number of hydrogen-bond acceptors (Lipinski definition) is 5. The third-order valence-corrected chi connectivity index (χ3v) is 1.15. The van der Waals surface area contributed by atoms with Gasteiger partial charge >= 0.3 is 5.88 Å². The zero-order chi connectivity index (χ0) is 10.6. The predicted octanol–water partition coefficient (Wildman–Crippen LogP) is -0.205. The lowest BCUT2D eigenvalue weighted by molar-refractivity contribution is -0.402. The van der Waals surface area contributed by atoms with E-state index in [1.165, 1.54) is 12.1 Å². The highest BCUT2D eigenvalue weighted by atomic mass is 16.6. The van der Waals surface area contributed by atoms with Gasteiger partial charge in [0.05, 0.1) is 12.3 Å². The molecule has 4 N–H and O–H groups in total. The number of nitrogens with zero attached hydrogens (tertiary/aromatic N) is 3. The van der Waals surface area contributed by atoms with E-state index in [0.717, 1.165) is 6.21 Å². The fourth-order valence-electron chi connectivity index (χ4n) is 0.662. The van der Waals surface area contributed by atoms with Gasteiger partial charge in [-0.15, -0.1) is 5.10 Å². The molecule has 74 valence electrons. The lowest BCUT2D eigenvalue weighted by atomic mass is 10.5. The van der Waals surface area contributed by atoms with Crippen molar-refractivity contribution in [3.05, 3.63) is 28.0 Å².